The third kappa shape index (κ3) is 4.00. The van der Waals surface area contributed by atoms with Crippen molar-refractivity contribution in [2.75, 3.05) is 15.5 Å². The summed E-state index contributed by atoms with van der Waals surface area (Å²) in [5, 5.41) is 6.82. The molecule has 1 aromatic carbocycles. The predicted octanol–water partition coefficient (Wildman–Crippen LogP) is 5.20. The highest BCUT2D eigenvalue weighted by Crippen LogP contribution is 2.45. The van der Waals surface area contributed by atoms with Crippen molar-refractivity contribution >= 4 is 51.6 Å². The molecule has 2 saturated heterocycles. The van der Waals surface area contributed by atoms with Gasteiger partial charge in [0.1, 0.15) is 16.6 Å². The third-order valence-electron chi connectivity index (χ3n) is 8.50. The van der Waals surface area contributed by atoms with E-state index >= 15 is 0 Å². The summed E-state index contributed by atoms with van der Waals surface area (Å²) in [5.41, 5.74) is -0.0555. The van der Waals surface area contributed by atoms with E-state index in [9.17, 15) is 18.4 Å². The average molecular weight is 557 g/mol. The number of carbonyl (C=O) groups excluding carboxylic acids is 1. The van der Waals surface area contributed by atoms with Gasteiger partial charge in [-0.1, -0.05) is 11.6 Å². The lowest BCUT2D eigenvalue weighted by atomic mass is 10.0. The van der Waals surface area contributed by atoms with Crippen LogP contribution in [-0.4, -0.2) is 44.7 Å². The Kier molecular flexibility index (Phi) is 5.52. The predicted molar refractivity (Wildman–Crippen MR) is 143 cm³/mol. The Labute approximate surface area is 227 Å². The first kappa shape index (κ1) is 24.6. The highest BCUT2D eigenvalue weighted by Gasteiger charge is 2.54. The summed E-state index contributed by atoms with van der Waals surface area (Å²) < 4.78 is 35.6. The Bertz CT molecular complexity index is 1560. The highest BCUT2D eigenvalue weighted by atomic mass is 35.5. The number of hydrogen-bond acceptors (Lipinski definition) is 8. The number of benzene rings is 1. The number of rotatable bonds is 4. The van der Waals surface area contributed by atoms with E-state index in [4.69, 9.17) is 16.6 Å². The first-order chi connectivity index (χ1) is 18.7. The number of halogens is 3. The van der Waals surface area contributed by atoms with Gasteiger partial charge in [-0.05, 0) is 69.1 Å². The molecule has 3 aliphatic heterocycles. The van der Waals surface area contributed by atoms with E-state index in [1.807, 2.05) is 0 Å². The zero-order valence-electron chi connectivity index (χ0n) is 21.2. The molecule has 2 aromatic heterocycles. The summed E-state index contributed by atoms with van der Waals surface area (Å²) in [6.07, 6.45) is 4.72. The molecule has 39 heavy (non-hydrogen) atoms. The van der Waals surface area contributed by atoms with Crippen LogP contribution in [0.25, 0.3) is 10.9 Å². The number of piperidine rings is 1. The number of aromatic nitrogens is 3. The summed E-state index contributed by atoms with van der Waals surface area (Å²) in [4.78, 5) is 37.4. The number of fused-ring (bicyclic) bond motifs is 5. The van der Waals surface area contributed by atoms with Gasteiger partial charge in [0.25, 0.3) is 5.56 Å². The topological polar surface area (TPSA) is 101 Å². The van der Waals surface area contributed by atoms with Gasteiger partial charge in [0.15, 0.2) is 5.82 Å². The SMILES string of the molecule is Cn1c(=O)c2c(c3cc(Nc4nc(N5C6CCCC5CC6)ncc4Cl)ccc31)NC(C1CC1)C(F)(F)OC2=O. The van der Waals surface area contributed by atoms with Crippen molar-refractivity contribution in [3.05, 3.63) is 45.3 Å². The number of cyclic esters (lactones) is 1. The standard InChI is InChI=1S/C27H27ClF2N6O3/c1-35-19-10-7-14(32-23-18(28)12-31-26(34-23)36-15-3-2-4-16(36)9-8-15)11-17(19)21-20(24(35)37)25(38)39-27(29,30)22(33-21)13-5-6-13/h7,10-13,15-16,22,33H,2-6,8-9H2,1H3,(H,31,32,34). The van der Waals surface area contributed by atoms with Gasteiger partial charge in [0.05, 0.1) is 17.4 Å². The fourth-order valence-corrected chi connectivity index (χ4v) is 6.55. The fraction of sp³-hybridized carbons (Fsp3) is 0.481. The van der Waals surface area contributed by atoms with E-state index in [-0.39, 0.29) is 11.6 Å². The second-order valence-electron chi connectivity index (χ2n) is 11.0. The van der Waals surface area contributed by atoms with E-state index in [0.29, 0.717) is 58.3 Å². The van der Waals surface area contributed by atoms with Crippen LogP contribution < -0.4 is 21.1 Å². The molecular weight excluding hydrogens is 530 g/mol. The summed E-state index contributed by atoms with van der Waals surface area (Å²) in [6.45, 7) is 0. The summed E-state index contributed by atoms with van der Waals surface area (Å²) in [7, 11) is 1.49. The lowest BCUT2D eigenvalue weighted by Crippen LogP contribution is -2.43. The molecule has 3 unspecified atom stereocenters. The molecule has 4 aliphatic rings. The summed E-state index contributed by atoms with van der Waals surface area (Å²) in [5.74, 6) is -0.657. The van der Waals surface area contributed by atoms with Crippen molar-refractivity contribution in [2.24, 2.45) is 13.0 Å². The van der Waals surface area contributed by atoms with E-state index in [1.165, 1.54) is 18.0 Å². The maximum absolute atomic E-state index is 14.9. The molecule has 2 bridgehead atoms. The molecule has 3 fully saturated rings. The van der Waals surface area contributed by atoms with Gasteiger partial charge in [-0.15, -0.1) is 0 Å². The van der Waals surface area contributed by atoms with Gasteiger partial charge >= 0.3 is 12.1 Å². The van der Waals surface area contributed by atoms with Crippen LogP contribution in [0.4, 0.5) is 31.9 Å². The molecule has 2 N–H and O–H groups in total. The molecule has 1 saturated carbocycles. The van der Waals surface area contributed by atoms with Crippen LogP contribution in [0, 0.1) is 5.92 Å². The number of nitrogens with zero attached hydrogens (tertiary/aromatic N) is 4. The number of pyridine rings is 1. The number of carbonyl (C=O) groups is 1. The molecule has 12 heteroatoms. The van der Waals surface area contributed by atoms with Crippen LogP contribution >= 0.6 is 11.6 Å². The molecule has 0 spiro atoms. The van der Waals surface area contributed by atoms with Crippen molar-refractivity contribution in [3.8, 4) is 0 Å². The first-order valence-electron chi connectivity index (χ1n) is 13.3. The molecule has 1 aliphatic carbocycles. The normalized spacial score (nSPS) is 25.6. The van der Waals surface area contributed by atoms with Gasteiger partial charge in [0.2, 0.25) is 5.95 Å². The highest BCUT2D eigenvalue weighted by molar-refractivity contribution is 6.33. The second kappa shape index (κ2) is 8.77. The zero-order chi connectivity index (χ0) is 27.1. The number of esters is 1. The van der Waals surface area contributed by atoms with Gasteiger partial charge in [-0.3, -0.25) is 4.79 Å². The molecule has 7 rings (SSSR count). The van der Waals surface area contributed by atoms with Crippen LogP contribution in [0.5, 0.6) is 0 Å². The maximum Gasteiger partial charge on any atom is 0.421 e. The van der Waals surface area contributed by atoms with Gasteiger partial charge in [-0.2, -0.15) is 13.8 Å². The number of ether oxygens (including phenoxy) is 1. The average Bonchev–Trinajstić information content (AvgIpc) is 3.71. The molecule has 0 amide bonds. The number of alkyl halides is 2. The Morgan fingerprint density at radius 2 is 1.87 bits per heavy atom. The van der Waals surface area contributed by atoms with Crippen LogP contribution in [0.3, 0.4) is 0 Å². The Balaban J connectivity index is 1.30. The van der Waals surface area contributed by atoms with Crippen LogP contribution in [0.2, 0.25) is 5.02 Å². The summed E-state index contributed by atoms with van der Waals surface area (Å²) in [6, 6.07) is 4.58. The number of aryl methyl sites for hydroxylation is 1. The quantitative estimate of drug-likeness (QED) is 0.423. The lowest BCUT2D eigenvalue weighted by Gasteiger charge is -2.34. The van der Waals surface area contributed by atoms with Gasteiger partial charge < -0.3 is 24.8 Å². The van der Waals surface area contributed by atoms with Crippen LogP contribution in [0.1, 0.15) is 55.3 Å². The molecule has 3 aromatic rings. The molecular formula is C27H27ClF2N6O3. The van der Waals surface area contributed by atoms with Crippen molar-refractivity contribution in [1.82, 2.24) is 14.5 Å². The Morgan fingerprint density at radius 1 is 1.13 bits per heavy atom. The molecule has 3 atom stereocenters. The Hall–Kier alpha value is -3.47. The number of nitrogens with one attached hydrogen (secondary N) is 2. The minimum absolute atomic E-state index is 0.0511. The zero-order valence-corrected chi connectivity index (χ0v) is 22.0. The van der Waals surface area contributed by atoms with E-state index in [1.54, 1.807) is 24.4 Å². The minimum atomic E-state index is -3.75. The molecule has 9 nitrogen and oxygen atoms in total. The minimum Gasteiger partial charge on any atom is -0.395 e. The van der Waals surface area contributed by atoms with Gasteiger partial charge in [0, 0.05) is 30.2 Å². The second-order valence-corrected chi connectivity index (χ2v) is 11.4. The van der Waals surface area contributed by atoms with Crippen molar-refractivity contribution in [3.63, 3.8) is 0 Å². The van der Waals surface area contributed by atoms with E-state index < -0.39 is 29.2 Å². The number of hydrogen-bond donors (Lipinski definition) is 2. The third-order valence-corrected chi connectivity index (χ3v) is 8.78. The van der Waals surface area contributed by atoms with Crippen LogP contribution in [-0.2, 0) is 11.8 Å². The molecule has 0 radical (unpaired) electrons. The maximum atomic E-state index is 14.9. The molecule has 5 heterocycles. The van der Waals surface area contributed by atoms with Crippen molar-refractivity contribution in [2.45, 2.75) is 69.2 Å². The van der Waals surface area contributed by atoms with E-state index in [0.717, 1.165) is 25.7 Å². The monoisotopic (exact) mass is 556 g/mol. The number of anilines is 4. The smallest absolute Gasteiger partial charge is 0.395 e. The van der Waals surface area contributed by atoms with Gasteiger partial charge in [-0.25, -0.2) is 9.78 Å². The summed E-state index contributed by atoms with van der Waals surface area (Å²) >= 11 is 6.48. The lowest BCUT2D eigenvalue weighted by molar-refractivity contribution is -0.212. The van der Waals surface area contributed by atoms with Crippen molar-refractivity contribution in [1.29, 1.82) is 0 Å². The molecule has 204 valence electrons. The van der Waals surface area contributed by atoms with Crippen molar-refractivity contribution < 1.29 is 18.3 Å². The van der Waals surface area contributed by atoms with Crippen LogP contribution in [0.15, 0.2) is 29.2 Å². The first-order valence-corrected chi connectivity index (χ1v) is 13.7. The van der Waals surface area contributed by atoms with E-state index in [2.05, 4.69) is 25.3 Å². The Morgan fingerprint density at radius 3 is 2.59 bits per heavy atom. The fourth-order valence-electron chi connectivity index (χ4n) is 6.41. The largest absolute Gasteiger partial charge is 0.421 e.